The van der Waals surface area contributed by atoms with Crippen LogP contribution in [0.4, 0.5) is 0 Å². The van der Waals surface area contributed by atoms with Crippen LogP contribution in [0.3, 0.4) is 0 Å². The molecule has 5 heteroatoms. The highest BCUT2D eigenvalue weighted by Crippen LogP contribution is 2.12. The van der Waals surface area contributed by atoms with Crippen molar-refractivity contribution in [3.63, 3.8) is 0 Å². The van der Waals surface area contributed by atoms with Crippen LogP contribution in [0.1, 0.15) is 23.0 Å². The second-order valence-electron chi connectivity index (χ2n) is 2.89. The van der Waals surface area contributed by atoms with Gasteiger partial charge in [0.05, 0.1) is 4.47 Å². The van der Waals surface area contributed by atoms with Crippen molar-refractivity contribution >= 4 is 21.9 Å². The molecule has 76 valence electrons. The maximum atomic E-state index is 11.4. The fraction of sp³-hybridized carbons (Fsp3) is 0.333. The van der Waals surface area contributed by atoms with E-state index in [0.29, 0.717) is 16.5 Å². The summed E-state index contributed by atoms with van der Waals surface area (Å²) >= 11 is 3.09. The van der Waals surface area contributed by atoms with Crippen LogP contribution in [-0.4, -0.2) is 15.6 Å². The van der Waals surface area contributed by atoms with Crippen LogP contribution in [0.2, 0.25) is 0 Å². The van der Waals surface area contributed by atoms with E-state index in [0.717, 1.165) is 4.57 Å². The van der Waals surface area contributed by atoms with Crippen molar-refractivity contribution < 1.29 is 9.90 Å². The number of hydrogen-bond acceptors (Lipinski definition) is 2. The number of aromatic nitrogens is 1. The van der Waals surface area contributed by atoms with Gasteiger partial charge < -0.3 is 9.67 Å². The number of rotatable bonds is 2. The van der Waals surface area contributed by atoms with Crippen LogP contribution in [0.25, 0.3) is 0 Å². The normalized spacial score (nSPS) is 10.2. The molecule has 0 aliphatic heterocycles. The summed E-state index contributed by atoms with van der Waals surface area (Å²) in [5, 5.41) is 8.92. The Morgan fingerprint density at radius 2 is 2.21 bits per heavy atom. The van der Waals surface area contributed by atoms with Crippen LogP contribution in [0.15, 0.2) is 15.3 Å². The van der Waals surface area contributed by atoms with E-state index in [1.165, 1.54) is 7.05 Å². The molecule has 1 rings (SSSR count). The Morgan fingerprint density at radius 3 is 2.64 bits per heavy atom. The van der Waals surface area contributed by atoms with E-state index in [1.807, 2.05) is 6.92 Å². The van der Waals surface area contributed by atoms with Crippen molar-refractivity contribution in [3.05, 3.63) is 32.2 Å². The molecule has 0 saturated carbocycles. The highest BCUT2D eigenvalue weighted by atomic mass is 79.9. The lowest BCUT2D eigenvalue weighted by Crippen LogP contribution is -2.25. The summed E-state index contributed by atoms with van der Waals surface area (Å²) in [5.41, 5.74) is 0.367. The average Bonchev–Trinajstić information content (AvgIpc) is 2.12. The molecule has 1 aromatic heterocycles. The van der Waals surface area contributed by atoms with Crippen molar-refractivity contribution in [1.29, 1.82) is 0 Å². The van der Waals surface area contributed by atoms with Gasteiger partial charge in [-0.05, 0) is 34.0 Å². The Kier molecular flexibility index (Phi) is 3.10. The summed E-state index contributed by atoms with van der Waals surface area (Å²) in [6.07, 6.45) is 0.578. The summed E-state index contributed by atoms with van der Waals surface area (Å²) < 4.78 is 1.53. The van der Waals surface area contributed by atoms with Gasteiger partial charge in [-0.3, -0.25) is 4.79 Å². The summed E-state index contributed by atoms with van der Waals surface area (Å²) in [4.78, 5) is 22.3. The van der Waals surface area contributed by atoms with Crippen LogP contribution >= 0.6 is 15.9 Å². The van der Waals surface area contributed by atoms with E-state index in [1.54, 1.807) is 6.07 Å². The zero-order valence-electron chi connectivity index (χ0n) is 7.87. The Hall–Kier alpha value is -1.10. The number of aryl methyl sites for hydroxylation is 1. The number of aromatic carboxylic acids is 1. The third-order valence-electron chi connectivity index (χ3n) is 2.03. The maximum absolute atomic E-state index is 11.4. The molecule has 0 amide bonds. The van der Waals surface area contributed by atoms with Gasteiger partial charge in [-0.25, -0.2) is 4.79 Å². The molecule has 0 aliphatic rings. The predicted molar refractivity (Wildman–Crippen MR) is 55.7 cm³/mol. The van der Waals surface area contributed by atoms with Crippen molar-refractivity contribution in [2.75, 3.05) is 0 Å². The maximum Gasteiger partial charge on any atom is 0.352 e. The Bertz CT molecular complexity index is 436. The standard InChI is InChI=1S/C9H10BrNO3/c1-3-5-4-6(10)8(12)11(2)7(5)9(13)14/h4H,3H2,1-2H3,(H,13,14). The molecule has 0 radical (unpaired) electrons. The second kappa shape index (κ2) is 3.96. The summed E-state index contributed by atoms with van der Waals surface area (Å²) in [7, 11) is 1.45. The van der Waals surface area contributed by atoms with E-state index in [4.69, 9.17) is 5.11 Å². The zero-order chi connectivity index (χ0) is 10.9. The molecular weight excluding hydrogens is 250 g/mol. The van der Waals surface area contributed by atoms with Gasteiger partial charge in [-0.15, -0.1) is 0 Å². The first-order chi connectivity index (χ1) is 6.49. The summed E-state index contributed by atoms with van der Waals surface area (Å²) in [6.45, 7) is 1.85. The summed E-state index contributed by atoms with van der Waals surface area (Å²) in [6, 6.07) is 1.56. The third-order valence-corrected chi connectivity index (χ3v) is 2.60. The predicted octanol–water partition coefficient (Wildman–Crippen LogP) is 1.41. The quantitative estimate of drug-likeness (QED) is 0.874. The first-order valence-corrected chi connectivity index (χ1v) is 4.90. The summed E-state index contributed by atoms with van der Waals surface area (Å²) in [5.74, 6) is -1.08. The van der Waals surface area contributed by atoms with Gasteiger partial charge in [0.25, 0.3) is 5.56 Å². The first-order valence-electron chi connectivity index (χ1n) is 4.10. The van der Waals surface area contributed by atoms with Gasteiger partial charge in [-0.1, -0.05) is 6.92 Å². The fourth-order valence-corrected chi connectivity index (χ4v) is 1.85. The number of hydrogen-bond donors (Lipinski definition) is 1. The van der Waals surface area contributed by atoms with E-state index in [-0.39, 0.29) is 11.3 Å². The SMILES string of the molecule is CCc1cc(Br)c(=O)n(C)c1C(=O)O. The number of nitrogens with zero attached hydrogens (tertiary/aromatic N) is 1. The lowest BCUT2D eigenvalue weighted by atomic mass is 10.1. The minimum Gasteiger partial charge on any atom is -0.477 e. The molecule has 1 heterocycles. The molecule has 0 unspecified atom stereocenters. The molecule has 1 N–H and O–H groups in total. The van der Waals surface area contributed by atoms with E-state index >= 15 is 0 Å². The molecule has 0 bridgehead atoms. The van der Waals surface area contributed by atoms with Gasteiger partial charge in [0.1, 0.15) is 5.69 Å². The highest BCUT2D eigenvalue weighted by molar-refractivity contribution is 9.10. The largest absolute Gasteiger partial charge is 0.477 e. The zero-order valence-corrected chi connectivity index (χ0v) is 9.46. The highest BCUT2D eigenvalue weighted by Gasteiger charge is 2.15. The molecule has 1 aromatic rings. The number of halogens is 1. The number of pyridine rings is 1. The molecule has 0 atom stereocenters. The lowest BCUT2D eigenvalue weighted by molar-refractivity contribution is 0.0683. The number of carboxylic acids is 1. The number of carbonyl (C=O) groups is 1. The van der Waals surface area contributed by atoms with Gasteiger partial charge in [-0.2, -0.15) is 0 Å². The van der Waals surface area contributed by atoms with E-state index in [2.05, 4.69) is 15.9 Å². The van der Waals surface area contributed by atoms with Gasteiger partial charge in [0.2, 0.25) is 0 Å². The minimum absolute atomic E-state index is 0.0562. The molecule has 4 nitrogen and oxygen atoms in total. The Labute approximate surface area is 89.3 Å². The fourth-order valence-electron chi connectivity index (χ4n) is 1.31. The van der Waals surface area contributed by atoms with Crippen molar-refractivity contribution in [3.8, 4) is 0 Å². The van der Waals surface area contributed by atoms with E-state index < -0.39 is 5.97 Å². The third kappa shape index (κ3) is 1.72. The van der Waals surface area contributed by atoms with Crippen LogP contribution in [0.5, 0.6) is 0 Å². The number of carboxylic acid groups (broad SMARTS) is 1. The topological polar surface area (TPSA) is 59.3 Å². The monoisotopic (exact) mass is 259 g/mol. The molecule has 0 fully saturated rings. The van der Waals surface area contributed by atoms with Gasteiger partial charge in [0.15, 0.2) is 0 Å². The van der Waals surface area contributed by atoms with Crippen LogP contribution in [0, 0.1) is 0 Å². The smallest absolute Gasteiger partial charge is 0.352 e. The molecule has 14 heavy (non-hydrogen) atoms. The molecule has 0 aliphatic carbocycles. The molecule has 0 saturated heterocycles. The van der Waals surface area contributed by atoms with Crippen LogP contribution < -0.4 is 5.56 Å². The van der Waals surface area contributed by atoms with Crippen molar-refractivity contribution in [2.24, 2.45) is 7.05 Å². The van der Waals surface area contributed by atoms with Gasteiger partial charge >= 0.3 is 5.97 Å². The lowest BCUT2D eigenvalue weighted by Gasteiger charge is -2.09. The second-order valence-corrected chi connectivity index (χ2v) is 3.74. The minimum atomic E-state index is -1.08. The van der Waals surface area contributed by atoms with Crippen molar-refractivity contribution in [1.82, 2.24) is 4.57 Å². The first kappa shape index (κ1) is 11.0. The molecular formula is C9H10BrNO3. The molecule has 0 aromatic carbocycles. The van der Waals surface area contributed by atoms with Gasteiger partial charge in [0, 0.05) is 7.05 Å². The Morgan fingerprint density at radius 1 is 1.64 bits per heavy atom. The van der Waals surface area contributed by atoms with E-state index in [9.17, 15) is 9.59 Å². The molecule has 0 spiro atoms. The average molecular weight is 260 g/mol. The van der Waals surface area contributed by atoms with Crippen LogP contribution in [-0.2, 0) is 13.5 Å². The Balaban J connectivity index is 3.61. The van der Waals surface area contributed by atoms with Crippen molar-refractivity contribution in [2.45, 2.75) is 13.3 Å².